The van der Waals surface area contributed by atoms with E-state index in [2.05, 4.69) is 94.5 Å². The standard InChI is InChI=1S/C25H16N2/c1-2-8-20-17(6-1)11-13-22-21-9-3-4-10-24(21)27(25(20)22)19-12-14-23-18(16-19)7-5-15-26-23/h1-16H. The Bertz CT molecular complexity index is 1470. The maximum Gasteiger partial charge on any atom is 0.0703 e. The van der Waals surface area contributed by atoms with Crippen LogP contribution >= 0.6 is 0 Å². The van der Waals surface area contributed by atoms with Crippen molar-refractivity contribution < 1.29 is 0 Å². The van der Waals surface area contributed by atoms with E-state index in [1.54, 1.807) is 0 Å². The van der Waals surface area contributed by atoms with Crippen molar-refractivity contribution in [1.82, 2.24) is 9.55 Å². The van der Waals surface area contributed by atoms with E-state index in [0.717, 1.165) is 16.6 Å². The van der Waals surface area contributed by atoms with E-state index in [-0.39, 0.29) is 0 Å². The Morgan fingerprint density at radius 3 is 2.37 bits per heavy atom. The van der Waals surface area contributed by atoms with Crippen molar-refractivity contribution in [3.8, 4) is 5.69 Å². The van der Waals surface area contributed by atoms with Crippen LogP contribution in [0.25, 0.3) is 49.2 Å². The van der Waals surface area contributed by atoms with Crippen molar-refractivity contribution in [2.24, 2.45) is 0 Å². The quantitative estimate of drug-likeness (QED) is 0.333. The monoisotopic (exact) mass is 344 g/mol. The fraction of sp³-hybridized carbons (Fsp3) is 0. The molecule has 0 saturated heterocycles. The molecule has 0 N–H and O–H groups in total. The van der Waals surface area contributed by atoms with Crippen LogP contribution in [0.2, 0.25) is 0 Å². The van der Waals surface area contributed by atoms with Crippen molar-refractivity contribution in [3.63, 3.8) is 0 Å². The number of aromatic nitrogens is 2. The summed E-state index contributed by atoms with van der Waals surface area (Å²) in [5.74, 6) is 0. The zero-order valence-electron chi connectivity index (χ0n) is 14.6. The van der Waals surface area contributed by atoms with Gasteiger partial charge in [-0.25, -0.2) is 0 Å². The van der Waals surface area contributed by atoms with Crippen LogP contribution < -0.4 is 0 Å². The van der Waals surface area contributed by atoms with Crippen molar-refractivity contribution >= 4 is 43.5 Å². The summed E-state index contributed by atoms with van der Waals surface area (Å²) in [6, 6.07) is 32.4. The Kier molecular flexibility index (Phi) is 2.91. The first kappa shape index (κ1) is 14.5. The van der Waals surface area contributed by atoms with Crippen LogP contribution in [-0.2, 0) is 0 Å². The third-order valence-corrected chi connectivity index (χ3v) is 5.40. The minimum absolute atomic E-state index is 1.02. The lowest BCUT2D eigenvalue weighted by Gasteiger charge is -2.10. The van der Waals surface area contributed by atoms with Gasteiger partial charge in [-0.1, -0.05) is 60.7 Å². The van der Waals surface area contributed by atoms with E-state index in [1.807, 2.05) is 12.3 Å². The number of rotatable bonds is 1. The molecule has 0 radical (unpaired) electrons. The number of para-hydroxylation sites is 1. The lowest BCUT2D eigenvalue weighted by molar-refractivity contribution is 1.19. The molecule has 0 fully saturated rings. The molecule has 2 aromatic heterocycles. The fourth-order valence-electron chi connectivity index (χ4n) is 4.20. The van der Waals surface area contributed by atoms with Gasteiger partial charge in [-0.05, 0) is 35.7 Å². The largest absolute Gasteiger partial charge is 0.309 e. The molecule has 2 heterocycles. The highest BCUT2D eigenvalue weighted by Crippen LogP contribution is 2.36. The van der Waals surface area contributed by atoms with Gasteiger partial charge in [0, 0.05) is 33.4 Å². The van der Waals surface area contributed by atoms with Crippen LogP contribution in [0.4, 0.5) is 0 Å². The van der Waals surface area contributed by atoms with Gasteiger partial charge in [-0.2, -0.15) is 0 Å². The summed E-state index contributed by atoms with van der Waals surface area (Å²) in [6.07, 6.45) is 1.84. The Morgan fingerprint density at radius 1 is 0.593 bits per heavy atom. The molecule has 0 aliphatic heterocycles. The minimum Gasteiger partial charge on any atom is -0.309 e. The summed E-state index contributed by atoms with van der Waals surface area (Å²) in [4.78, 5) is 4.47. The van der Waals surface area contributed by atoms with E-state index in [1.165, 1.54) is 32.6 Å². The smallest absolute Gasteiger partial charge is 0.0703 e. The molecular formula is C25H16N2. The SMILES string of the molecule is c1cnc2ccc(-n3c4ccccc4c4ccc5ccccc5c43)cc2c1. The van der Waals surface area contributed by atoms with Crippen LogP contribution in [0.1, 0.15) is 0 Å². The first-order valence-electron chi connectivity index (χ1n) is 9.16. The predicted molar refractivity (Wildman–Crippen MR) is 114 cm³/mol. The molecule has 2 nitrogen and oxygen atoms in total. The number of fused-ring (bicyclic) bond motifs is 6. The normalized spacial score (nSPS) is 11.7. The van der Waals surface area contributed by atoms with Crippen LogP contribution in [0, 0.1) is 0 Å². The Hall–Kier alpha value is -3.65. The number of pyridine rings is 1. The van der Waals surface area contributed by atoms with E-state index < -0.39 is 0 Å². The topological polar surface area (TPSA) is 17.8 Å². The maximum absolute atomic E-state index is 4.47. The molecular weight excluding hydrogens is 328 g/mol. The van der Waals surface area contributed by atoms with Crippen LogP contribution in [0.15, 0.2) is 97.2 Å². The van der Waals surface area contributed by atoms with Gasteiger partial charge in [0.2, 0.25) is 0 Å². The second-order valence-corrected chi connectivity index (χ2v) is 6.92. The lowest BCUT2D eigenvalue weighted by atomic mass is 10.1. The molecule has 0 aliphatic carbocycles. The van der Waals surface area contributed by atoms with Gasteiger partial charge in [-0.3, -0.25) is 4.98 Å². The molecule has 27 heavy (non-hydrogen) atoms. The molecule has 126 valence electrons. The average Bonchev–Trinajstić information content (AvgIpc) is 3.08. The minimum atomic E-state index is 1.02. The second-order valence-electron chi connectivity index (χ2n) is 6.92. The molecule has 0 aliphatic rings. The van der Waals surface area contributed by atoms with Crippen molar-refractivity contribution in [3.05, 3.63) is 97.2 Å². The third kappa shape index (κ3) is 2.04. The zero-order chi connectivity index (χ0) is 17.8. The summed E-state index contributed by atoms with van der Waals surface area (Å²) in [5.41, 5.74) is 4.68. The maximum atomic E-state index is 4.47. The molecule has 0 amide bonds. The Balaban J connectivity index is 1.84. The van der Waals surface area contributed by atoms with E-state index in [9.17, 15) is 0 Å². The molecule has 4 aromatic carbocycles. The van der Waals surface area contributed by atoms with Crippen molar-refractivity contribution in [2.75, 3.05) is 0 Å². The number of hydrogen-bond donors (Lipinski definition) is 0. The van der Waals surface area contributed by atoms with Crippen LogP contribution in [0.3, 0.4) is 0 Å². The van der Waals surface area contributed by atoms with Gasteiger partial charge in [0.15, 0.2) is 0 Å². The van der Waals surface area contributed by atoms with Crippen molar-refractivity contribution in [1.29, 1.82) is 0 Å². The Labute approximate surface area is 156 Å². The molecule has 6 rings (SSSR count). The predicted octanol–water partition coefficient (Wildman–Crippen LogP) is 6.49. The molecule has 0 unspecified atom stereocenters. The molecule has 0 spiro atoms. The summed E-state index contributed by atoms with van der Waals surface area (Å²) in [7, 11) is 0. The third-order valence-electron chi connectivity index (χ3n) is 5.40. The van der Waals surface area contributed by atoms with Crippen LogP contribution in [-0.4, -0.2) is 9.55 Å². The van der Waals surface area contributed by atoms with Gasteiger partial charge in [-0.15, -0.1) is 0 Å². The molecule has 2 heteroatoms. The number of benzene rings is 4. The highest BCUT2D eigenvalue weighted by Gasteiger charge is 2.14. The van der Waals surface area contributed by atoms with Gasteiger partial charge in [0.1, 0.15) is 0 Å². The van der Waals surface area contributed by atoms with E-state index in [4.69, 9.17) is 0 Å². The Morgan fingerprint density at radius 2 is 1.41 bits per heavy atom. The van der Waals surface area contributed by atoms with Gasteiger partial charge >= 0.3 is 0 Å². The van der Waals surface area contributed by atoms with Crippen molar-refractivity contribution in [2.45, 2.75) is 0 Å². The van der Waals surface area contributed by atoms with Crippen LogP contribution in [0.5, 0.6) is 0 Å². The van der Waals surface area contributed by atoms with Gasteiger partial charge in [0.25, 0.3) is 0 Å². The summed E-state index contributed by atoms with van der Waals surface area (Å²) in [6.45, 7) is 0. The van der Waals surface area contributed by atoms with E-state index in [0.29, 0.717) is 0 Å². The zero-order valence-corrected chi connectivity index (χ0v) is 14.6. The summed E-state index contributed by atoms with van der Waals surface area (Å²) >= 11 is 0. The highest BCUT2D eigenvalue weighted by molar-refractivity contribution is 6.18. The number of hydrogen-bond acceptors (Lipinski definition) is 1. The van der Waals surface area contributed by atoms with Gasteiger partial charge in [0.05, 0.1) is 16.6 Å². The summed E-state index contributed by atoms with van der Waals surface area (Å²) in [5, 5.41) is 6.26. The molecule has 0 saturated carbocycles. The van der Waals surface area contributed by atoms with Gasteiger partial charge < -0.3 is 4.57 Å². The highest BCUT2D eigenvalue weighted by atomic mass is 15.0. The van der Waals surface area contributed by atoms with E-state index >= 15 is 0 Å². The lowest BCUT2D eigenvalue weighted by Crippen LogP contribution is -1.94. The molecule has 6 aromatic rings. The molecule has 0 atom stereocenters. The number of nitrogens with zero attached hydrogens (tertiary/aromatic N) is 2. The fourth-order valence-corrected chi connectivity index (χ4v) is 4.20. The average molecular weight is 344 g/mol. The first-order valence-corrected chi connectivity index (χ1v) is 9.16. The first-order chi connectivity index (χ1) is 13.4. The second kappa shape index (κ2) is 5.42. The summed E-state index contributed by atoms with van der Waals surface area (Å²) < 4.78 is 2.39. The molecule has 0 bridgehead atoms.